The van der Waals surface area contributed by atoms with Gasteiger partial charge in [-0.3, -0.25) is 4.79 Å². The normalized spacial score (nSPS) is 19.2. The Kier molecular flexibility index (Phi) is 5.13. The van der Waals surface area contributed by atoms with E-state index in [-0.39, 0.29) is 17.3 Å². The highest BCUT2D eigenvalue weighted by Crippen LogP contribution is 2.27. The number of amidine groups is 1. The molecule has 1 saturated carbocycles. The third-order valence-electron chi connectivity index (χ3n) is 5.02. The third-order valence-corrected chi connectivity index (χ3v) is 6.35. The summed E-state index contributed by atoms with van der Waals surface area (Å²) >= 11 is 0. The highest BCUT2D eigenvalue weighted by Gasteiger charge is 2.32. The zero-order valence-electron chi connectivity index (χ0n) is 14.8. The van der Waals surface area contributed by atoms with Crippen LogP contribution in [-0.2, 0) is 14.8 Å². The molecule has 7 heteroatoms. The van der Waals surface area contributed by atoms with Gasteiger partial charge in [-0.25, -0.2) is 0 Å². The molecule has 0 bridgehead atoms. The standard InChI is InChI=1S/C18H25N3O3S/c1-3-21(14-9-5-4-6-10-14)17(22)13-20(2)18-15-11-7-8-12-16(15)25(23,24)19-18/h7-8,11-12,14H,3-6,9-10,13H2,1-2H3. The van der Waals surface area contributed by atoms with Crippen molar-refractivity contribution in [2.75, 3.05) is 20.1 Å². The summed E-state index contributed by atoms with van der Waals surface area (Å²) in [5.74, 6) is 0.380. The van der Waals surface area contributed by atoms with Crippen molar-refractivity contribution in [3.8, 4) is 0 Å². The zero-order chi connectivity index (χ0) is 18.0. The Morgan fingerprint density at radius 1 is 1.20 bits per heavy atom. The van der Waals surface area contributed by atoms with Crippen molar-refractivity contribution < 1.29 is 13.2 Å². The van der Waals surface area contributed by atoms with Crippen molar-refractivity contribution in [3.05, 3.63) is 29.8 Å². The fraction of sp³-hybridized carbons (Fsp3) is 0.556. The number of fused-ring (bicyclic) bond motifs is 1. The maximum atomic E-state index is 12.8. The minimum Gasteiger partial charge on any atom is -0.349 e. The molecule has 1 fully saturated rings. The predicted octanol–water partition coefficient (Wildman–Crippen LogP) is 2.25. The van der Waals surface area contributed by atoms with Gasteiger partial charge in [0.2, 0.25) is 5.91 Å². The van der Waals surface area contributed by atoms with E-state index in [1.54, 1.807) is 36.2 Å². The van der Waals surface area contributed by atoms with Crippen molar-refractivity contribution in [3.63, 3.8) is 0 Å². The fourth-order valence-electron chi connectivity index (χ4n) is 3.76. The first-order valence-corrected chi connectivity index (χ1v) is 10.3. The van der Waals surface area contributed by atoms with Crippen LogP contribution in [0.15, 0.2) is 33.6 Å². The lowest BCUT2D eigenvalue weighted by Crippen LogP contribution is -2.46. The van der Waals surface area contributed by atoms with E-state index in [9.17, 15) is 13.2 Å². The minimum absolute atomic E-state index is 0.0291. The first kappa shape index (κ1) is 17.9. The van der Waals surface area contributed by atoms with Crippen LogP contribution in [0.25, 0.3) is 0 Å². The number of rotatable bonds is 4. The van der Waals surface area contributed by atoms with E-state index >= 15 is 0 Å². The molecule has 3 rings (SSSR count). The van der Waals surface area contributed by atoms with Gasteiger partial charge in [-0.2, -0.15) is 8.42 Å². The van der Waals surface area contributed by atoms with E-state index < -0.39 is 10.0 Å². The number of carbonyl (C=O) groups is 1. The minimum atomic E-state index is -3.66. The van der Waals surface area contributed by atoms with Gasteiger partial charge >= 0.3 is 0 Å². The average Bonchev–Trinajstić information content (AvgIpc) is 2.88. The number of likely N-dealkylation sites (N-methyl/N-ethyl adjacent to an activating group) is 2. The average molecular weight is 363 g/mol. The van der Waals surface area contributed by atoms with Crippen LogP contribution in [0, 0.1) is 0 Å². The second-order valence-electron chi connectivity index (χ2n) is 6.71. The first-order chi connectivity index (χ1) is 11.9. The smallest absolute Gasteiger partial charge is 0.285 e. The van der Waals surface area contributed by atoms with Crippen molar-refractivity contribution >= 4 is 21.8 Å². The Bertz CT molecular complexity index is 783. The second-order valence-corrected chi connectivity index (χ2v) is 8.29. The maximum absolute atomic E-state index is 12.8. The van der Waals surface area contributed by atoms with Crippen LogP contribution in [0.4, 0.5) is 0 Å². The number of benzene rings is 1. The second kappa shape index (κ2) is 7.15. The monoisotopic (exact) mass is 363 g/mol. The molecule has 0 saturated heterocycles. The number of sulfonamides is 1. The predicted molar refractivity (Wildman–Crippen MR) is 97.1 cm³/mol. The molecule has 0 N–H and O–H groups in total. The van der Waals surface area contributed by atoms with E-state index in [2.05, 4.69) is 4.40 Å². The van der Waals surface area contributed by atoms with Crippen LogP contribution in [0.1, 0.15) is 44.6 Å². The maximum Gasteiger partial charge on any atom is 0.285 e. The van der Waals surface area contributed by atoms with Gasteiger partial charge in [0.05, 0.1) is 6.54 Å². The Morgan fingerprint density at radius 2 is 1.88 bits per heavy atom. The summed E-state index contributed by atoms with van der Waals surface area (Å²) in [6.07, 6.45) is 5.70. The van der Waals surface area contributed by atoms with E-state index in [0.29, 0.717) is 24.0 Å². The van der Waals surface area contributed by atoms with Crippen LogP contribution in [-0.4, -0.2) is 56.1 Å². The number of carbonyl (C=O) groups excluding carboxylic acids is 1. The number of amides is 1. The molecule has 1 heterocycles. The molecule has 0 spiro atoms. The van der Waals surface area contributed by atoms with E-state index in [0.717, 1.165) is 12.8 Å². The SMILES string of the molecule is CCN(C(=O)CN(C)C1=NS(=O)(=O)c2ccccc21)C1CCCCC1. The Hall–Kier alpha value is -1.89. The summed E-state index contributed by atoms with van der Waals surface area (Å²) < 4.78 is 28.2. The molecule has 1 aliphatic carbocycles. The van der Waals surface area contributed by atoms with Gasteiger partial charge in [-0.1, -0.05) is 31.4 Å². The Labute approximate surface area is 149 Å². The van der Waals surface area contributed by atoms with Crippen LogP contribution >= 0.6 is 0 Å². The quantitative estimate of drug-likeness (QED) is 0.823. The van der Waals surface area contributed by atoms with E-state index in [4.69, 9.17) is 0 Å². The van der Waals surface area contributed by atoms with Gasteiger partial charge in [0.25, 0.3) is 10.0 Å². The highest BCUT2D eigenvalue weighted by molar-refractivity contribution is 7.90. The largest absolute Gasteiger partial charge is 0.349 e. The molecule has 0 atom stereocenters. The van der Waals surface area contributed by atoms with Crippen molar-refractivity contribution in [2.24, 2.45) is 4.40 Å². The van der Waals surface area contributed by atoms with E-state index in [1.807, 2.05) is 11.8 Å². The highest BCUT2D eigenvalue weighted by atomic mass is 32.2. The summed E-state index contributed by atoms with van der Waals surface area (Å²) in [5, 5.41) is 0. The molecule has 0 unspecified atom stereocenters. The van der Waals surface area contributed by atoms with E-state index in [1.165, 1.54) is 19.3 Å². The first-order valence-electron chi connectivity index (χ1n) is 8.89. The van der Waals surface area contributed by atoms with Crippen LogP contribution < -0.4 is 0 Å². The molecule has 6 nitrogen and oxygen atoms in total. The molecule has 136 valence electrons. The van der Waals surface area contributed by atoms with Crippen molar-refractivity contribution in [1.29, 1.82) is 0 Å². The molecule has 0 radical (unpaired) electrons. The third kappa shape index (κ3) is 3.56. The van der Waals surface area contributed by atoms with Gasteiger partial charge in [0, 0.05) is 25.2 Å². The van der Waals surface area contributed by atoms with Crippen LogP contribution in [0.5, 0.6) is 0 Å². The van der Waals surface area contributed by atoms with Crippen LogP contribution in [0.2, 0.25) is 0 Å². The molecule has 1 aliphatic heterocycles. The number of nitrogens with zero attached hydrogens (tertiary/aromatic N) is 3. The summed E-state index contributed by atoms with van der Waals surface area (Å²) in [7, 11) is -1.94. The summed E-state index contributed by atoms with van der Waals surface area (Å²) in [6.45, 7) is 2.81. The Balaban J connectivity index is 1.76. The molecule has 1 aromatic carbocycles. The summed E-state index contributed by atoms with van der Waals surface area (Å²) in [6, 6.07) is 7.06. The lowest BCUT2D eigenvalue weighted by Gasteiger charge is -2.34. The molecule has 0 aromatic heterocycles. The number of hydrogen-bond donors (Lipinski definition) is 0. The van der Waals surface area contributed by atoms with Gasteiger partial charge in [0.1, 0.15) is 4.90 Å². The topological polar surface area (TPSA) is 70.1 Å². The molecular formula is C18H25N3O3S. The van der Waals surface area contributed by atoms with Gasteiger partial charge in [-0.15, -0.1) is 4.40 Å². The fourth-order valence-corrected chi connectivity index (χ4v) is 5.01. The summed E-state index contributed by atoms with van der Waals surface area (Å²) in [4.78, 5) is 16.6. The molecule has 2 aliphatic rings. The molecular weight excluding hydrogens is 338 g/mol. The molecule has 1 amide bonds. The lowest BCUT2D eigenvalue weighted by molar-refractivity contribution is -0.134. The van der Waals surface area contributed by atoms with Gasteiger partial charge in [-0.05, 0) is 31.9 Å². The van der Waals surface area contributed by atoms with Gasteiger partial charge in [0.15, 0.2) is 5.84 Å². The number of hydrogen-bond acceptors (Lipinski definition) is 4. The van der Waals surface area contributed by atoms with Gasteiger partial charge < -0.3 is 9.80 Å². The molecule has 25 heavy (non-hydrogen) atoms. The lowest BCUT2D eigenvalue weighted by atomic mass is 9.94. The van der Waals surface area contributed by atoms with Crippen molar-refractivity contribution in [1.82, 2.24) is 9.80 Å². The van der Waals surface area contributed by atoms with Crippen LogP contribution in [0.3, 0.4) is 0 Å². The van der Waals surface area contributed by atoms with Crippen molar-refractivity contribution in [2.45, 2.75) is 50.0 Å². The summed E-state index contributed by atoms with van der Waals surface area (Å²) in [5.41, 5.74) is 0.568. The zero-order valence-corrected chi connectivity index (χ0v) is 15.6. The molecule has 1 aromatic rings. The Morgan fingerprint density at radius 3 is 2.56 bits per heavy atom.